The first-order valence-electron chi connectivity index (χ1n) is 5.01. The third-order valence-electron chi connectivity index (χ3n) is 1.59. The molecule has 0 radical (unpaired) electrons. The van der Waals surface area contributed by atoms with Gasteiger partial charge in [-0.05, 0) is 20.3 Å². The number of hydrogen-bond donors (Lipinski definition) is 1. The van der Waals surface area contributed by atoms with E-state index in [1.54, 1.807) is 12.4 Å². The fourth-order valence-electron chi connectivity index (χ4n) is 1.01. The maximum atomic E-state index is 5.57. The summed E-state index contributed by atoms with van der Waals surface area (Å²) in [5.41, 5.74) is 0. The molecule has 15 heavy (non-hydrogen) atoms. The Morgan fingerprint density at radius 2 is 2.27 bits per heavy atom. The third-order valence-corrected chi connectivity index (χ3v) is 1.85. The van der Waals surface area contributed by atoms with Crippen molar-refractivity contribution in [1.29, 1.82) is 0 Å². The zero-order valence-electron chi connectivity index (χ0n) is 9.03. The van der Waals surface area contributed by atoms with Gasteiger partial charge >= 0.3 is 0 Å². The van der Waals surface area contributed by atoms with Gasteiger partial charge in [-0.3, -0.25) is 4.98 Å². The zero-order chi connectivity index (χ0) is 11.1. The van der Waals surface area contributed by atoms with Crippen LogP contribution < -0.4 is 10.1 Å². The van der Waals surface area contributed by atoms with Crippen molar-refractivity contribution in [2.45, 2.75) is 26.4 Å². The molecule has 0 aliphatic rings. The van der Waals surface area contributed by atoms with Gasteiger partial charge in [0.15, 0.2) is 0 Å². The van der Waals surface area contributed by atoms with Gasteiger partial charge in [0.05, 0.1) is 18.5 Å². The molecule has 1 aromatic rings. The Morgan fingerprint density at radius 1 is 1.47 bits per heavy atom. The number of halogens is 1. The number of nitrogens with one attached hydrogen (secondary N) is 1. The largest absolute Gasteiger partial charge is 0.474 e. The topological polar surface area (TPSA) is 47.0 Å². The van der Waals surface area contributed by atoms with E-state index < -0.39 is 0 Å². The molecular weight excluding hydrogens is 214 g/mol. The van der Waals surface area contributed by atoms with Crippen LogP contribution in [-0.4, -0.2) is 28.5 Å². The van der Waals surface area contributed by atoms with Gasteiger partial charge < -0.3 is 10.1 Å². The van der Waals surface area contributed by atoms with Gasteiger partial charge in [0.2, 0.25) is 5.88 Å². The second kappa shape index (κ2) is 6.45. The molecule has 5 heteroatoms. The fraction of sp³-hybridized carbons (Fsp3) is 0.600. The van der Waals surface area contributed by atoms with Crippen LogP contribution in [0.25, 0.3) is 0 Å². The van der Waals surface area contributed by atoms with Gasteiger partial charge in [0.1, 0.15) is 5.82 Å². The van der Waals surface area contributed by atoms with Crippen molar-refractivity contribution < 1.29 is 4.74 Å². The number of ether oxygens (including phenoxy) is 1. The summed E-state index contributed by atoms with van der Waals surface area (Å²) < 4.78 is 5.42. The molecule has 0 aliphatic carbocycles. The van der Waals surface area contributed by atoms with Gasteiger partial charge in [-0.1, -0.05) is 0 Å². The van der Waals surface area contributed by atoms with Crippen LogP contribution in [0.4, 0.5) is 5.82 Å². The molecule has 0 bridgehead atoms. The lowest BCUT2D eigenvalue weighted by Crippen LogP contribution is -2.09. The van der Waals surface area contributed by atoms with Crippen LogP contribution in [-0.2, 0) is 0 Å². The first kappa shape index (κ1) is 12.0. The molecule has 1 heterocycles. The lowest BCUT2D eigenvalue weighted by molar-refractivity contribution is 0.232. The molecule has 0 amide bonds. The van der Waals surface area contributed by atoms with Crippen molar-refractivity contribution in [3.8, 4) is 5.88 Å². The van der Waals surface area contributed by atoms with Crippen molar-refractivity contribution in [1.82, 2.24) is 9.97 Å². The molecule has 84 valence electrons. The van der Waals surface area contributed by atoms with Gasteiger partial charge in [-0.15, -0.1) is 11.6 Å². The monoisotopic (exact) mass is 229 g/mol. The predicted molar refractivity (Wildman–Crippen MR) is 61.6 cm³/mol. The molecule has 0 aliphatic heterocycles. The molecule has 1 aromatic heterocycles. The highest BCUT2D eigenvalue weighted by Gasteiger charge is 2.01. The first-order valence-corrected chi connectivity index (χ1v) is 5.54. The summed E-state index contributed by atoms with van der Waals surface area (Å²) in [6, 6.07) is 0. The van der Waals surface area contributed by atoms with E-state index in [-0.39, 0.29) is 6.10 Å². The van der Waals surface area contributed by atoms with E-state index >= 15 is 0 Å². The first-order chi connectivity index (χ1) is 7.22. The maximum absolute atomic E-state index is 5.57. The molecular formula is C10H16ClN3O. The number of rotatable bonds is 6. The highest BCUT2D eigenvalue weighted by Crippen LogP contribution is 2.10. The van der Waals surface area contributed by atoms with Crippen molar-refractivity contribution >= 4 is 17.4 Å². The lowest BCUT2D eigenvalue weighted by atomic mass is 10.4. The van der Waals surface area contributed by atoms with E-state index in [0.29, 0.717) is 11.8 Å². The van der Waals surface area contributed by atoms with Crippen LogP contribution >= 0.6 is 11.6 Å². The van der Waals surface area contributed by atoms with Gasteiger partial charge in [-0.2, -0.15) is 4.98 Å². The number of alkyl halides is 1. The van der Waals surface area contributed by atoms with Crippen molar-refractivity contribution in [3.05, 3.63) is 12.4 Å². The second-order valence-electron chi connectivity index (χ2n) is 3.38. The molecule has 1 rings (SSSR count). The number of nitrogens with zero attached hydrogens (tertiary/aromatic N) is 2. The average Bonchev–Trinajstić information content (AvgIpc) is 2.18. The summed E-state index contributed by atoms with van der Waals surface area (Å²) in [6.45, 7) is 4.70. The van der Waals surface area contributed by atoms with Crippen LogP contribution in [0.1, 0.15) is 20.3 Å². The Labute approximate surface area is 95.0 Å². The number of anilines is 1. The summed E-state index contributed by atoms with van der Waals surface area (Å²) in [5.74, 6) is 1.90. The van der Waals surface area contributed by atoms with E-state index in [0.717, 1.165) is 18.8 Å². The minimum Gasteiger partial charge on any atom is -0.474 e. The van der Waals surface area contributed by atoms with Crippen LogP contribution in [0.15, 0.2) is 12.4 Å². The van der Waals surface area contributed by atoms with E-state index in [1.807, 2.05) is 13.8 Å². The van der Waals surface area contributed by atoms with Crippen LogP contribution in [0.2, 0.25) is 0 Å². The lowest BCUT2D eigenvalue weighted by Gasteiger charge is -2.09. The third kappa shape index (κ3) is 4.83. The van der Waals surface area contributed by atoms with Gasteiger partial charge in [-0.25, -0.2) is 0 Å². The summed E-state index contributed by atoms with van der Waals surface area (Å²) in [5, 5.41) is 3.12. The quantitative estimate of drug-likeness (QED) is 0.601. The zero-order valence-corrected chi connectivity index (χ0v) is 9.79. The standard InChI is InChI=1S/C10H16ClN3O/c1-8(2)15-10-7-12-6-9(14-10)13-5-3-4-11/h6-8H,3-5H2,1-2H3,(H,13,14). The van der Waals surface area contributed by atoms with E-state index in [2.05, 4.69) is 15.3 Å². The Hall–Kier alpha value is -1.03. The summed E-state index contributed by atoms with van der Waals surface area (Å²) in [7, 11) is 0. The van der Waals surface area contributed by atoms with Crippen molar-refractivity contribution in [3.63, 3.8) is 0 Å². The molecule has 0 saturated carbocycles. The van der Waals surface area contributed by atoms with Crippen molar-refractivity contribution in [2.24, 2.45) is 0 Å². The van der Waals surface area contributed by atoms with E-state index in [1.165, 1.54) is 0 Å². The molecule has 0 unspecified atom stereocenters. The average molecular weight is 230 g/mol. The van der Waals surface area contributed by atoms with Gasteiger partial charge in [0.25, 0.3) is 0 Å². The molecule has 0 atom stereocenters. The molecule has 0 fully saturated rings. The normalized spacial score (nSPS) is 10.4. The predicted octanol–water partition coefficient (Wildman–Crippen LogP) is 2.30. The maximum Gasteiger partial charge on any atom is 0.234 e. The summed E-state index contributed by atoms with van der Waals surface area (Å²) in [4.78, 5) is 8.28. The molecule has 4 nitrogen and oxygen atoms in total. The van der Waals surface area contributed by atoms with Crippen LogP contribution in [0.3, 0.4) is 0 Å². The SMILES string of the molecule is CC(C)Oc1cncc(NCCCCl)n1. The van der Waals surface area contributed by atoms with Crippen molar-refractivity contribution in [2.75, 3.05) is 17.7 Å². The Balaban J connectivity index is 2.50. The van der Waals surface area contributed by atoms with Crippen LogP contribution in [0, 0.1) is 0 Å². The van der Waals surface area contributed by atoms with E-state index in [4.69, 9.17) is 16.3 Å². The fourth-order valence-corrected chi connectivity index (χ4v) is 1.15. The Kier molecular flexibility index (Phi) is 5.18. The molecule has 0 spiro atoms. The highest BCUT2D eigenvalue weighted by molar-refractivity contribution is 6.17. The minimum atomic E-state index is 0.109. The number of aromatic nitrogens is 2. The summed E-state index contributed by atoms with van der Waals surface area (Å²) >= 11 is 5.57. The second-order valence-corrected chi connectivity index (χ2v) is 3.76. The van der Waals surface area contributed by atoms with Crippen LogP contribution in [0.5, 0.6) is 5.88 Å². The Morgan fingerprint density at radius 3 is 2.93 bits per heavy atom. The summed E-state index contributed by atoms with van der Waals surface area (Å²) in [6.07, 6.45) is 4.28. The number of hydrogen-bond acceptors (Lipinski definition) is 4. The van der Waals surface area contributed by atoms with E-state index in [9.17, 15) is 0 Å². The minimum absolute atomic E-state index is 0.109. The Bertz CT molecular complexity index is 294. The highest BCUT2D eigenvalue weighted by atomic mass is 35.5. The smallest absolute Gasteiger partial charge is 0.234 e. The molecule has 0 saturated heterocycles. The van der Waals surface area contributed by atoms with Gasteiger partial charge in [0, 0.05) is 12.4 Å². The molecule has 1 N–H and O–H groups in total. The molecule has 0 aromatic carbocycles.